The summed E-state index contributed by atoms with van der Waals surface area (Å²) in [6.45, 7) is 5.65. The number of para-hydroxylation sites is 1. The fourth-order valence-corrected chi connectivity index (χ4v) is 2.80. The van der Waals surface area contributed by atoms with Crippen LogP contribution in [0, 0.1) is 11.8 Å². The summed E-state index contributed by atoms with van der Waals surface area (Å²) in [6, 6.07) is 14.5. The van der Waals surface area contributed by atoms with Crippen LogP contribution in [0.4, 0.5) is 11.4 Å². The summed E-state index contributed by atoms with van der Waals surface area (Å²) in [7, 11) is 1.30. The maximum Gasteiger partial charge on any atom is 0.316 e. The maximum absolute atomic E-state index is 12.0. The molecule has 0 saturated carbocycles. The first-order valence-electron chi connectivity index (χ1n) is 8.59. The Balaban J connectivity index is 1.88. The third-order valence-electron chi connectivity index (χ3n) is 3.82. The molecule has 0 radical (unpaired) electrons. The van der Waals surface area contributed by atoms with Gasteiger partial charge >= 0.3 is 5.69 Å². The zero-order valence-corrected chi connectivity index (χ0v) is 17.1. The highest BCUT2D eigenvalue weighted by molar-refractivity contribution is 8.14. The normalized spacial score (nSPS) is 11.9. The van der Waals surface area contributed by atoms with E-state index in [1.807, 2.05) is 38.1 Å². The molecule has 1 N–H and O–H groups in total. The van der Waals surface area contributed by atoms with Gasteiger partial charge in [0, 0.05) is 12.1 Å². The van der Waals surface area contributed by atoms with Gasteiger partial charge in [0.25, 0.3) is 4.92 Å². The van der Waals surface area contributed by atoms with E-state index in [0.29, 0.717) is 16.3 Å². The molecule has 7 nitrogen and oxygen atoms in total. The van der Waals surface area contributed by atoms with Crippen molar-refractivity contribution in [2.75, 3.05) is 12.9 Å². The lowest BCUT2D eigenvalue weighted by atomic mass is 10.1. The molecule has 0 aromatic heterocycles. The molecule has 0 unspecified atom stereocenters. The van der Waals surface area contributed by atoms with Crippen LogP contribution in [0.2, 0.25) is 0 Å². The van der Waals surface area contributed by atoms with Crippen LogP contribution in [-0.4, -0.2) is 34.4 Å². The lowest BCUT2D eigenvalue weighted by Crippen LogP contribution is -2.21. The molecule has 0 aliphatic rings. The van der Waals surface area contributed by atoms with E-state index in [0.717, 1.165) is 21.9 Å². The van der Waals surface area contributed by atoms with E-state index >= 15 is 0 Å². The van der Waals surface area contributed by atoms with Crippen LogP contribution in [0.15, 0.2) is 58.6 Å². The van der Waals surface area contributed by atoms with Crippen molar-refractivity contribution in [3.05, 3.63) is 64.6 Å². The van der Waals surface area contributed by atoms with Gasteiger partial charge in [-0.25, -0.2) is 15.3 Å². The summed E-state index contributed by atoms with van der Waals surface area (Å²) in [5.41, 5.74) is 6.32. The van der Waals surface area contributed by atoms with Crippen LogP contribution in [0.3, 0.4) is 0 Å². The molecule has 146 valence electrons. The Hall–Kier alpha value is -3.00. The molecular weight excluding hydrogens is 376 g/mol. The highest BCUT2D eigenvalue weighted by Gasteiger charge is 2.13. The van der Waals surface area contributed by atoms with Crippen LogP contribution in [0.5, 0.6) is 0 Å². The van der Waals surface area contributed by atoms with Crippen molar-refractivity contribution in [1.82, 2.24) is 5.43 Å². The van der Waals surface area contributed by atoms with E-state index in [4.69, 9.17) is 0 Å². The van der Waals surface area contributed by atoms with Gasteiger partial charge in [0.05, 0.1) is 27.1 Å². The minimum atomic E-state index is -0.217. The monoisotopic (exact) mass is 399 g/mol. The SMILES string of the molecule is CO[N+](=O)c1ccc(/C(C)=N/NC(=O)CSC(C)=Nc2ccccc2C)cc1. The fourth-order valence-electron chi connectivity index (χ4n) is 2.23. The number of thioether (sulfide) groups is 1. The molecule has 2 aromatic carbocycles. The Morgan fingerprint density at radius 3 is 2.46 bits per heavy atom. The predicted octanol–water partition coefficient (Wildman–Crippen LogP) is 4.29. The van der Waals surface area contributed by atoms with Crippen LogP contribution >= 0.6 is 11.8 Å². The molecule has 8 heteroatoms. The minimum absolute atomic E-state index is 0.217. The van der Waals surface area contributed by atoms with E-state index in [-0.39, 0.29) is 11.7 Å². The molecular formula is C20H23N4O3S+. The average molecular weight is 399 g/mol. The Morgan fingerprint density at radius 2 is 1.82 bits per heavy atom. The van der Waals surface area contributed by atoms with Gasteiger partial charge in [-0.1, -0.05) is 18.2 Å². The van der Waals surface area contributed by atoms with E-state index in [9.17, 15) is 9.70 Å². The second kappa shape index (κ2) is 10.4. The number of hydrogen-bond acceptors (Lipinski definition) is 6. The molecule has 28 heavy (non-hydrogen) atoms. The molecule has 0 aliphatic heterocycles. The lowest BCUT2D eigenvalue weighted by molar-refractivity contribution is -0.736. The largest absolute Gasteiger partial charge is 0.316 e. The van der Waals surface area contributed by atoms with Crippen molar-refractivity contribution in [2.24, 2.45) is 10.1 Å². The highest BCUT2D eigenvalue weighted by atomic mass is 32.2. The van der Waals surface area contributed by atoms with Gasteiger partial charge in [0.1, 0.15) is 0 Å². The van der Waals surface area contributed by atoms with E-state index in [1.165, 1.54) is 18.9 Å². The molecule has 0 bridgehead atoms. The lowest BCUT2D eigenvalue weighted by Gasteiger charge is -2.04. The van der Waals surface area contributed by atoms with Crippen LogP contribution < -0.4 is 5.43 Å². The van der Waals surface area contributed by atoms with Crippen molar-refractivity contribution in [1.29, 1.82) is 0 Å². The van der Waals surface area contributed by atoms with Gasteiger partial charge in [-0.3, -0.25) is 4.79 Å². The molecule has 1 amide bonds. The second-order valence-electron chi connectivity index (χ2n) is 5.92. The maximum atomic E-state index is 12.0. The molecule has 0 fully saturated rings. The van der Waals surface area contributed by atoms with Crippen molar-refractivity contribution < 1.29 is 14.6 Å². The first-order valence-corrected chi connectivity index (χ1v) is 9.58. The fraction of sp³-hybridized carbons (Fsp3) is 0.250. The Bertz CT molecular complexity index is 908. The molecule has 0 saturated heterocycles. The number of aryl methyl sites for hydroxylation is 1. The van der Waals surface area contributed by atoms with Gasteiger partial charge in [-0.2, -0.15) is 5.10 Å². The number of hydrogen-bond donors (Lipinski definition) is 1. The molecule has 2 rings (SSSR count). The summed E-state index contributed by atoms with van der Waals surface area (Å²) in [5.74, 6) is 0.000964. The number of amides is 1. The summed E-state index contributed by atoms with van der Waals surface area (Å²) >= 11 is 1.36. The van der Waals surface area contributed by atoms with Crippen molar-refractivity contribution in [3.8, 4) is 0 Å². The molecule has 0 aliphatic carbocycles. The van der Waals surface area contributed by atoms with Crippen molar-refractivity contribution in [3.63, 3.8) is 0 Å². The number of hydrazone groups is 1. The predicted molar refractivity (Wildman–Crippen MR) is 113 cm³/mol. The Kier molecular flexibility index (Phi) is 7.88. The van der Waals surface area contributed by atoms with Crippen LogP contribution in [0.1, 0.15) is 25.0 Å². The van der Waals surface area contributed by atoms with Crippen LogP contribution in [0.25, 0.3) is 0 Å². The van der Waals surface area contributed by atoms with Crippen molar-refractivity contribution >= 4 is 39.8 Å². The van der Waals surface area contributed by atoms with Gasteiger partial charge in [-0.05, 0) is 50.1 Å². The Morgan fingerprint density at radius 1 is 1.14 bits per heavy atom. The number of aliphatic imine (C=N–C) groups is 1. The number of benzene rings is 2. The number of nitrogens with one attached hydrogen (secondary N) is 1. The van der Waals surface area contributed by atoms with Gasteiger partial charge in [0.2, 0.25) is 5.91 Å². The Labute approximate surface area is 168 Å². The third-order valence-corrected chi connectivity index (χ3v) is 4.73. The number of carbonyl (C=O) groups is 1. The summed E-state index contributed by atoms with van der Waals surface area (Å²) in [4.78, 5) is 32.9. The number of nitrogens with zero attached hydrogens (tertiary/aromatic N) is 3. The third kappa shape index (κ3) is 6.31. The highest BCUT2D eigenvalue weighted by Crippen LogP contribution is 2.19. The van der Waals surface area contributed by atoms with Gasteiger partial charge in [-0.15, -0.1) is 11.8 Å². The molecule has 0 spiro atoms. The number of rotatable bonds is 7. The van der Waals surface area contributed by atoms with Crippen LogP contribution in [-0.2, 0) is 9.63 Å². The number of carbonyl (C=O) groups excluding carboxylic acids is 1. The van der Waals surface area contributed by atoms with E-state index < -0.39 is 0 Å². The zero-order valence-electron chi connectivity index (χ0n) is 16.3. The molecule has 0 heterocycles. The minimum Gasteiger partial charge on any atom is -0.272 e. The smallest absolute Gasteiger partial charge is 0.272 e. The van der Waals surface area contributed by atoms with E-state index in [2.05, 4.69) is 20.4 Å². The summed E-state index contributed by atoms with van der Waals surface area (Å²) in [5, 5.41) is 4.91. The summed E-state index contributed by atoms with van der Waals surface area (Å²) in [6.07, 6.45) is 0. The molecule has 2 aromatic rings. The quantitative estimate of drug-likeness (QED) is 0.428. The van der Waals surface area contributed by atoms with Crippen molar-refractivity contribution in [2.45, 2.75) is 20.8 Å². The second-order valence-corrected chi connectivity index (χ2v) is 7.09. The topological polar surface area (TPSA) is 83.1 Å². The first-order chi connectivity index (χ1) is 13.4. The van der Waals surface area contributed by atoms with Gasteiger partial charge in [0.15, 0.2) is 7.11 Å². The van der Waals surface area contributed by atoms with E-state index in [1.54, 1.807) is 31.2 Å². The standard InChI is InChI=1S/C20H22N4O3S/c1-14-7-5-6-8-19(14)21-16(3)28-13-20(25)23-22-15(2)17-9-11-18(12-10-17)24(26)27-4/h5-12H,13H2,1-4H3/p+1. The zero-order chi connectivity index (χ0) is 20.5. The van der Waals surface area contributed by atoms with Gasteiger partial charge < -0.3 is 0 Å². The summed E-state index contributed by atoms with van der Waals surface area (Å²) < 4.78 is 0. The molecule has 0 atom stereocenters. The average Bonchev–Trinajstić information content (AvgIpc) is 2.71. The first kappa shape index (κ1) is 21.3.